The van der Waals surface area contributed by atoms with Crippen LogP contribution in [0.3, 0.4) is 0 Å². The summed E-state index contributed by atoms with van der Waals surface area (Å²) in [7, 11) is -9.19. The number of hydrogen-bond acceptors (Lipinski definition) is 5. The number of aliphatic hydroxyl groups is 1. The van der Waals surface area contributed by atoms with Crippen LogP contribution >= 0.6 is 10.3 Å². The van der Waals surface area contributed by atoms with Gasteiger partial charge < -0.3 is 5.11 Å². The molecule has 38 heavy (non-hydrogen) atoms. The summed E-state index contributed by atoms with van der Waals surface area (Å²) in [5.74, 6) is -1.32. The van der Waals surface area contributed by atoms with E-state index in [1.165, 1.54) is 20.8 Å². The molecule has 0 saturated carbocycles. The fourth-order valence-corrected chi connectivity index (χ4v) is 8.95. The zero-order valence-corrected chi connectivity index (χ0v) is 23.9. The van der Waals surface area contributed by atoms with E-state index in [9.17, 15) is 18.3 Å². The molecule has 1 atom stereocenters. The molecule has 0 spiro atoms. The lowest BCUT2D eigenvalue weighted by molar-refractivity contribution is -0.147. The van der Waals surface area contributed by atoms with Gasteiger partial charge in [0.25, 0.3) is 0 Å². The molecule has 0 aliphatic heterocycles. The van der Waals surface area contributed by atoms with Crippen molar-refractivity contribution < 1.29 is 30.7 Å². The maximum atomic E-state index is 15.5. The molecule has 0 aliphatic rings. The van der Waals surface area contributed by atoms with Gasteiger partial charge in [-0.2, -0.15) is 17.2 Å². The molecular formula is C29H34F2O5S2. The number of benzene rings is 3. The zero-order chi connectivity index (χ0) is 28.6. The summed E-state index contributed by atoms with van der Waals surface area (Å²) >= 11 is 0. The molecule has 0 fully saturated rings. The Morgan fingerprint density at radius 1 is 0.737 bits per heavy atom. The van der Waals surface area contributed by atoms with Gasteiger partial charge >= 0.3 is 15.4 Å². The van der Waals surface area contributed by atoms with Crippen molar-refractivity contribution in [1.29, 1.82) is 0 Å². The lowest BCUT2D eigenvalue weighted by atomic mass is 9.87. The highest BCUT2D eigenvalue weighted by molar-refractivity contribution is 8.33. The highest BCUT2D eigenvalue weighted by atomic mass is 32.3. The Balaban J connectivity index is 2.31. The van der Waals surface area contributed by atoms with Gasteiger partial charge in [-0.15, -0.1) is 0 Å². The summed E-state index contributed by atoms with van der Waals surface area (Å²) in [5.41, 5.74) is -0.674. The van der Waals surface area contributed by atoms with Crippen LogP contribution in [0.15, 0.2) is 99.6 Å². The molecule has 3 aromatic rings. The number of carbonyl (C=O) groups excluding carboxylic acids is 1. The number of hydrogen-bond donors (Lipinski definition) is 1. The Bertz CT molecular complexity index is 1320. The van der Waals surface area contributed by atoms with E-state index in [-0.39, 0.29) is 5.41 Å². The minimum absolute atomic E-state index is 0.215. The maximum Gasteiger partial charge on any atom is 0.403 e. The number of halogens is 2. The predicted octanol–water partition coefficient (Wildman–Crippen LogP) is 7.10. The molecule has 1 N–H and O–H groups in total. The Morgan fingerprint density at radius 2 is 1.13 bits per heavy atom. The summed E-state index contributed by atoms with van der Waals surface area (Å²) in [6.45, 7) is 10.0. The van der Waals surface area contributed by atoms with Crippen molar-refractivity contribution in [2.24, 2.45) is 5.41 Å². The summed E-state index contributed by atoms with van der Waals surface area (Å²) in [5, 5.41) is 5.39. The SMILES string of the molecule is CC(C)(C)C(=O)C(O)C(F)(F)S(=O)(=O)OS(c1ccccc1)(c1ccccc1)c1ccc(C(C)(C)C)cc1. The van der Waals surface area contributed by atoms with Gasteiger partial charge in [-0.1, -0.05) is 90.1 Å². The third-order valence-corrected chi connectivity index (χ3v) is 11.3. The number of ketones is 1. The molecule has 3 aromatic carbocycles. The molecule has 9 heteroatoms. The van der Waals surface area contributed by atoms with E-state index in [0.717, 1.165) is 5.56 Å². The van der Waals surface area contributed by atoms with Crippen LogP contribution in [-0.2, 0) is 24.0 Å². The fraction of sp³-hybridized carbons (Fsp3) is 0.345. The van der Waals surface area contributed by atoms with Crippen LogP contribution in [0.4, 0.5) is 8.78 Å². The molecule has 0 aromatic heterocycles. The van der Waals surface area contributed by atoms with E-state index in [1.54, 1.807) is 72.8 Å². The second-order valence-electron chi connectivity index (χ2n) is 11.1. The van der Waals surface area contributed by atoms with Crippen LogP contribution in [0.1, 0.15) is 47.1 Å². The van der Waals surface area contributed by atoms with Gasteiger partial charge in [0.05, 0.1) is 0 Å². The molecule has 0 aliphatic carbocycles. The van der Waals surface area contributed by atoms with Crippen molar-refractivity contribution in [2.75, 3.05) is 0 Å². The normalized spacial score (nSPS) is 14.7. The number of rotatable bonds is 8. The fourth-order valence-electron chi connectivity index (χ4n) is 3.78. The van der Waals surface area contributed by atoms with E-state index in [0.29, 0.717) is 14.7 Å². The monoisotopic (exact) mass is 564 g/mol. The quantitative estimate of drug-likeness (QED) is 0.316. The minimum Gasteiger partial charge on any atom is -0.378 e. The lowest BCUT2D eigenvalue weighted by Crippen LogP contribution is -2.50. The molecule has 206 valence electrons. The largest absolute Gasteiger partial charge is 0.403 e. The molecule has 0 saturated heterocycles. The second kappa shape index (κ2) is 10.5. The van der Waals surface area contributed by atoms with Gasteiger partial charge in [0.1, 0.15) is 0 Å². The predicted molar refractivity (Wildman–Crippen MR) is 146 cm³/mol. The van der Waals surface area contributed by atoms with Crippen molar-refractivity contribution in [1.82, 2.24) is 0 Å². The number of carbonyl (C=O) groups is 1. The van der Waals surface area contributed by atoms with E-state index >= 15 is 8.78 Å². The average Bonchev–Trinajstić information content (AvgIpc) is 2.86. The van der Waals surface area contributed by atoms with Crippen LogP contribution in [0, 0.1) is 5.41 Å². The first-order chi connectivity index (χ1) is 17.4. The number of aliphatic hydroxyl groups excluding tert-OH is 1. The Morgan fingerprint density at radius 3 is 1.50 bits per heavy atom. The van der Waals surface area contributed by atoms with Crippen molar-refractivity contribution in [3.8, 4) is 0 Å². The van der Waals surface area contributed by atoms with Crippen LogP contribution in [-0.4, -0.2) is 30.7 Å². The second-order valence-corrected chi connectivity index (χ2v) is 15.6. The smallest absolute Gasteiger partial charge is 0.378 e. The molecule has 3 rings (SSSR count). The zero-order valence-electron chi connectivity index (χ0n) is 22.3. The topological polar surface area (TPSA) is 80.7 Å². The maximum absolute atomic E-state index is 15.5. The highest BCUT2D eigenvalue weighted by Gasteiger charge is 2.60. The molecule has 5 nitrogen and oxygen atoms in total. The average molecular weight is 565 g/mol. The van der Waals surface area contributed by atoms with E-state index in [2.05, 4.69) is 0 Å². The third kappa shape index (κ3) is 5.71. The van der Waals surface area contributed by atoms with E-state index in [4.69, 9.17) is 3.63 Å². The first-order valence-electron chi connectivity index (χ1n) is 12.0. The van der Waals surface area contributed by atoms with Gasteiger partial charge in [-0.25, -0.2) is 3.63 Å². The first kappa shape index (κ1) is 30.0. The van der Waals surface area contributed by atoms with Crippen LogP contribution in [0.25, 0.3) is 0 Å². The highest BCUT2D eigenvalue weighted by Crippen LogP contribution is 2.70. The Labute approximate surface area is 225 Å². The van der Waals surface area contributed by atoms with Crippen molar-refractivity contribution in [2.45, 2.75) is 73.0 Å². The van der Waals surface area contributed by atoms with Crippen molar-refractivity contribution in [3.05, 3.63) is 90.5 Å². The summed E-state index contributed by atoms with van der Waals surface area (Å²) in [6, 6.07) is 23.5. The number of alkyl halides is 2. The molecular weight excluding hydrogens is 530 g/mol. The van der Waals surface area contributed by atoms with Gasteiger partial charge in [0.2, 0.25) is 0 Å². The van der Waals surface area contributed by atoms with Gasteiger partial charge in [0.15, 0.2) is 11.9 Å². The van der Waals surface area contributed by atoms with Crippen molar-refractivity contribution in [3.63, 3.8) is 0 Å². The summed E-state index contributed by atoms with van der Waals surface area (Å²) in [6.07, 6.45) is -3.11. The Kier molecular flexibility index (Phi) is 8.30. The lowest BCUT2D eigenvalue weighted by Gasteiger charge is -2.40. The van der Waals surface area contributed by atoms with Crippen LogP contribution in [0.5, 0.6) is 0 Å². The molecule has 0 amide bonds. The van der Waals surface area contributed by atoms with Gasteiger partial charge in [-0.05, 0) is 57.7 Å². The van der Waals surface area contributed by atoms with Crippen LogP contribution < -0.4 is 0 Å². The van der Waals surface area contributed by atoms with E-state index < -0.39 is 43.0 Å². The minimum atomic E-state index is -5.87. The summed E-state index contributed by atoms with van der Waals surface area (Å²) < 4.78 is 63.5. The standard InChI is InChI=1S/C29H34F2O5S2/c1-27(2,3)21-17-19-24(20-18-21)37(22-13-9-7-10-14-22,23-15-11-8-12-16-23)36-38(34,35)29(30,31)26(33)25(32)28(4,5)6/h7-20,26,33H,1-6H3. The van der Waals surface area contributed by atoms with Gasteiger partial charge in [0, 0.05) is 20.1 Å². The molecule has 0 radical (unpaired) electrons. The first-order valence-corrected chi connectivity index (χ1v) is 15.0. The Hall–Kier alpha value is -2.59. The van der Waals surface area contributed by atoms with Gasteiger partial charge in [-0.3, -0.25) is 4.79 Å². The summed E-state index contributed by atoms with van der Waals surface area (Å²) in [4.78, 5) is 13.6. The van der Waals surface area contributed by atoms with E-state index in [1.807, 2.05) is 32.9 Å². The molecule has 0 heterocycles. The third-order valence-electron chi connectivity index (χ3n) is 6.03. The van der Waals surface area contributed by atoms with Crippen molar-refractivity contribution >= 4 is 26.2 Å². The number of Topliss-reactive ketones (excluding diaryl/α,β-unsaturated/α-hetero) is 1. The molecule has 1 unspecified atom stereocenters. The molecule has 0 bridgehead atoms. The van der Waals surface area contributed by atoms with Crippen LogP contribution in [0.2, 0.25) is 0 Å².